The van der Waals surface area contributed by atoms with Crippen LogP contribution in [0.5, 0.6) is 0 Å². The lowest BCUT2D eigenvalue weighted by atomic mass is 10.5. The van der Waals surface area contributed by atoms with Crippen LogP contribution in [0.15, 0.2) is 15.6 Å². The largest absolute Gasteiger partial charge is 0.292 e. The molecule has 3 N–H and O–H groups in total. The summed E-state index contributed by atoms with van der Waals surface area (Å²) in [5.41, 5.74) is 2.37. The Labute approximate surface area is 111 Å². The number of aryl methyl sites for hydroxylation is 1. The van der Waals surface area contributed by atoms with E-state index >= 15 is 0 Å². The maximum atomic E-state index is 5.99. The van der Waals surface area contributed by atoms with Gasteiger partial charge in [-0.3, -0.25) is 5.43 Å². The summed E-state index contributed by atoms with van der Waals surface area (Å²) in [6, 6.07) is 0. The van der Waals surface area contributed by atoms with E-state index in [1.54, 1.807) is 0 Å². The third kappa shape index (κ3) is 3.03. The molecule has 0 aliphatic heterocycles. The van der Waals surface area contributed by atoms with Crippen molar-refractivity contribution in [3.8, 4) is 0 Å². The van der Waals surface area contributed by atoms with Crippen molar-refractivity contribution >= 4 is 40.8 Å². The molecule has 2 aromatic rings. The minimum absolute atomic E-state index is 0.317. The molecule has 0 amide bonds. The molecule has 0 fully saturated rings. The van der Waals surface area contributed by atoms with Crippen LogP contribution in [0.3, 0.4) is 0 Å². The van der Waals surface area contributed by atoms with Gasteiger partial charge in [-0.25, -0.2) is 20.8 Å². The summed E-state index contributed by atoms with van der Waals surface area (Å²) in [6.45, 7) is 2.00. The molecule has 17 heavy (non-hydrogen) atoms. The van der Waals surface area contributed by atoms with Crippen molar-refractivity contribution in [1.29, 1.82) is 0 Å². The molecular formula is C8H9ClN6S2. The van der Waals surface area contributed by atoms with E-state index in [1.807, 2.05) is 6.92 Å². The maximum Gasteiger partial charge on any atom is 0.238 e. The van der Waals surface area contributed by atoms with Gasteiger partial charge >= 0.3 is 0 Å². The first-order chi connectivity index (χ1) is 8.22. The summed E-state index contributed by atoms with van der Waals surface area (Å²) in [4.78, 5) is 12.4. The number of anilines is 1. The summed E-state index contributed by atoms with van der Waals surface area (Å²) in [5, 5.41) is 1.07. The number of hydrazine groups is 1. The number of nitrogen functional groups attached to an aromatic ring is 1. The normalized spacial score (nSPS) is 10.5. The van der Waals surface area contributed by atoms with Crippen LogP contribution in [-0.4, -0.2) is 19.3 Å². The Bertz CT molecular complexity index is 516. The topological polar surface area (TPSA) is 89.6 Å². The number of rotatable bonds is 4. The van der Waals surface area contributed by atoms with Crippen LogP contribution >= 0.6 is 34.9 Å². The fraction of sp³-hybridized carbons (Fsp3) is 0.250. The number of halogens is 1. The fourth-order valence-corrected chi connectivity index (χ4v) is 2.80. The number of hydrogen-bond acceptors (Lipinski definition) is 8. The lowest BCUT2D eigenvalue weighted by Gasteiger charge is -2.02. The second-order valence-electron chi connectivity index (χ2n) is 2.92. The van der Waals surface area contributed by atoms with Crippen molar-refractivity contribution in [3.63, 3.8) is 0 Å². The van der Waals surface area contributed by atoms with Gasteiger partial charge in [0.2, 0.25) is 5.95 Å². The Morgan fingerprint density at radius 3 is 3.00 bits per heavy atom. The molecular weight excluding hydrogens is 280 g/mol. The van der Waals surface area contributed by atoms with Crippen molar-refractivity contribution < 1.29 is 0 Å². The van der Waals surface area contributed by atoms with Crippen molar-refractivity contribution in [3.05, 3.63) is 17.0 Å². The van der Waals surface area contributed by atoms with Crippen molar-refractivity contribution in [2.75, 3.05) is 5.43 Å². The van der Waals surface area contributed by atoms with E-state index in [2.05, 4.69) is 24.8 Å². The zero-order valence-electron chi connectivity index (χ0n) is 8.85. The average Bonchev–Trinajstić information content (AvgIpc) is 2.80. The number of hydrogen-bond donors (Lipinski definition) is 2. The number of nitrogens with zero attached hydrogens (tertiary/aromatic N) is 4. The van der Waals surface area contributed by atoms with Gasteiger partial charge in [0.15, 0.2) is 4.34 Å². The Morgan fingerprint density at radius 1 is 1.53 bits per heavy atom. The van der Waals surface area contributed by atoms with Crippen molar-refractivity contribution in [2.45, 2.75) is 22.7 Å². The summed E-state index contributed by atoms with van der Waals surface area (Å²) in [5.74, 6) is 6.37. The summed E-state index contributed by atoms with van der Waals surface area (Å²) in [6.07, 6.45) is 2.30. The molecule has 9 heteroatoms. The molecule has 0 unspecified atom stereocenters. The SMILES string of the molecule is CCc1nsc(Sc2nc(NN)ncc2Cl)n1. The zero-order chi connectivity index (χ0) is 12.3. The molecule has 0 atom stereocenters. The highest BCUT2D eigenvalue weighted by Gasteiger charge is 2.10. The summed E-state index contributed by atoms with van der Waals surface area (Å²) < 4.78 is 4.98. The first-order valence-corrected chi connectivity index (χ1v) is 6.69. The van der Waals surface area contributed by atoms with E-state index in [-0.39, 0.29) is 0 Å². The lowest BCUT2D eigenvalue weighted by Crippen LogP contribution is -2.10. The molecule has 0 aromatic carbocycles. The second-order valence-corrected chi connectivity index (χ2v) is 5.32. The van der Waals surface area contributed by atoms with Gasteiger partial charge in [-0.15, -0.1) is 0 Å². The van der Waals surface area contributed by atoms with Gasteiger partial charge in [0.05, 0.1) is 11.2 Å². The standard InChI is InChI=1S/C8H9ClN6S2/c1-2-5-12-8(17-15-5)16-6-4(9)3-11-7(13-6)14-10/h3H,2,10H2,1H3,(H,11,13,14). The third-order valence-electron chi connectivity index (χ3n) is 1.79. The van der Waals surface area contributed by atoms with Gasteiger partial charge in [-0.05, 0) is 23.3 Å². The highest BCUT2D eigenvalue weighted by molar-refractivity contribution is 8.01. The number of aromatic nitrogens is 4. The molecule has 6 nitrogen and oxygen atoms in total. The van der Waals surface area contributed by atoms with Gasteiger partial charge in [-0.2, -0.15) is 4.37 Å². The summed E-state index contributed by atoms with van der Waals surface area (Å²) >= 11 is 8.65. The molecule has 2 heterocycles. The minimum atomic E-state index is 0.317. The predicted octanol–water partition coefficient (Wildman–Crippen LogP) is 1.98. The van der Waals surface area contributed by atoms with Crippen LogP contribution in [-0.2, 0) is 6.42 Å². The van der Waals surface area contributed by atoms with Crippen LogP contribution in [0.2, 0.25) is 5.02 Å². The second kappa shape index (κ2) is 5.58. The monoisotopic (exact) mass is 288 g/mol. The first kappa shape index (κ1) is 12.5. The van der Waals surface area contributed by atoms with Gasteiger partial charge in [0.1, 0.15) is 10.9 Å². The Morgan fingerprint density at radius 2 is 2.35 bits per heavy atom. The quantitative estimate of drug-likeness (QED) is 0.505. The molecule has 0 saturated carbocycles. The Balaban J connectivity index is 2.22. The van der Waals surface area contributed by atoms with E-state index in [1.165, 1.54) is 29.5 Å². The van der Waals surface area contributed by atoms with Crippen molar-refractivity contribution in [2.24, 2.45) is 5.84 Å². The Hall–Kier alpha value is -0.960. The molecule has 90 valence electrons. The molecule has 0 bridgehead atoms. The van der Waals surface area contributed by atoms with E-state index in [0.29, 0.717) is 16.0 Å². The third-order valence-corrected chi connectivity index (χ3v) is 3.97. The smallest absolute Gasteiger partial charge is 0.238 e. The van der Waals surface area contributed by atoms with E-state index in [4.69, 9.17) is 17.4 Å². The van der Waals surface area contributed by atoms with Gasteiger partial charge < -0.3 is 0 Å². The molecule has 0 aliphatic carbocycles. The molecule has 2 aromatic heterocycles. The van der Waals surface area contributed by atoms with E-state index in [9.17, 15) is 0 Å². The maximum absolute atomic E-state index is 5.99. The van der Waals surface area contributed by atoms with Gasteiger partial charge in [0.25, 0.3) is 0 Å². The van der Waals surface area contributed by atoms with Crippen LogP contribution in [0.1, 0.15) is 12.7 Å². The van der Waals surface area contributed by atoms with Gasteiger partial charge in [0, 0.05) is 6.42 Å². The predicted molar refractivity (Wildman–Crippen MR) is 68.3 cm³/mol. The first-order valence-electron chi connectivity index (χ1n) is 4.72. The van der Waals surface area contributed by atoms with E-state index < -0.39 is 0 Å². The molecule has 2 rings (SSSR count). The zero-order valence-corrected chi connectivity index (χ0v) is 11.2. The molecule has 0 saturated heterocycles. The fourth-order valence-electron chi connectivity index (χ4n) is 0.998. The number of nitrogens with two attached hydrogens (primary N) is 1. The van der Waals surface area contributed by atoms with Gasteiger partial charge in [-0.1, -0.05) is 18.5 Å². The lowest BCUT2D eigenvalue weighted by molar-refractivity contribution is 0.968. The van der Waals surface area contributed by atoms with Crippen LogP contribution in [0, 0.1) is 0 Å². The highest BCUT2D eigenvalue weighted by Crippen LogP contribution is 2.32. The molecule has 0 spiro atoms. The molecule has 0 radical (unpaired) electrons. The highest BCUT2D eigenvalue weighted by atomic mass is 35.5. The Kier molecular flexibility index (Phi) is 4.11. The molecule has 0 aliphatic rings. The van der Waals surface area contributed by atoms with Crippen LogP contribution in [0.25, 0.3) is 0 Å². The van der Waals surface area contributed by atoms with Crippen LogP contribution in [0.4, 0.5) is 5.95 Å². The van der Waals surface area contributed by atoms with Crippen LogP contribution < -0.4 is 11.3 Å². The van der Waals surface area contributed by atoms with E-state index in [0.717, 1.165) is 16.6 Å². The van der Waals surface area contributed by atoms with Crippen molar-refractivity contribution in [1.82, 2.24) is 19.3 Å². The summed E-state index contributed by atoms with van der Waals surface area (Å²) in [7, 11) is 0. The number of nitrogens with one attached hydrogen (secondary N) is 1. The average molecular weight is 289 g/mol. The minimum Gasteiger partial charge on any atom is -0.292 e.